The molecule has 4 aliphatic rings. The van der Waals surface area contributed by atoms with E-state index >= 15 is 8.78 Å². The van der Waals surface area contributed by atoms with Crippen molar-refractivity contribution < 1.29 is 129 Å². The van der Waals surface area contributed by atoms with Crippen LogP contribution in [0.15, 0.2) is 72.8 Å². The molecule has 0 radical (unpaired) electrons. The summed E-state index contributed by atoms with van der Waals surface area (Å²) in [4.78, 5) is 203. The third kappa shape index (κ3) is 28.6. The molecule has 145 heavy (non-hydrogen) atoms. The van der Waals surface area contributed by atoms with Crippen molar-refractivity contribution in [3.8, 4) is 22.8 Å². The smallest absolute Gasteiger partial charge is 0.416 e. The van der Waals surface area contributed by atoms with E-state index in [1.807, 2.05) is 0 Å². The van der Waals surface area contributed by atoms with Crippen LogP contribution in [0.2, 0.25) is 0 Å². The molecule has 12 rings (SSSR count). The Labute approximate surface area is 853 Å². The largest absolute Gasteiger partial charge is 0.461 e. The zero-order valence-electron chi connectivity index (χ0n) is 94.7. The number of hydrogen-bond donors (Lipinski definition) is 8. The van der Waals surface area contributed by atoms with E-state index < -0.39 is 234 Å². The molecule has 792 valence electrons. The summed E-state index contributed by atoms with van der Waals surface area (Å²) in [6.45, 7) is 30.3. The first kappa shape index (κ1) is 102. The number of Topliss-reactive ketones (excluding diaryl/α,β-unsaturated/α-hetero) is 1. The second kappa shape index (κ2) is 47.9. The molecular formula is C105H143F4N15O21. The molecule has 1 unspecified atom stereocenters. The third-order valence-corrected chi connectivity index (χ3v) is 25.3. The second-order valence-electron chi connectivity index (χ2n) is 39.9. The lowest BCUT2D eigenvalue weighted by Gasteiger charge is -2.31. The first-order valence-electron chi connectivity index (χ1n) is 52.5. The average Bonchev–Trinajstić information content (AvgIpc) is 1.55. The van der Waals surface area contributed by atoms with Gasteiger partial charge in [0, 0.05) is 166 Å². The van der Waals surface area contributed by atoms with Gasteiger partial charge in [-0.25, -0.2) is 36.8 Å². The summed E-state index contributed by atoms with van der Waals surface area (Å²) < 4.78 is 179. The van der Waals surface area contributed by atoms with E-state index in [0.717, 1.165) is 82.0 Å². The Kier molecular flexibility index (Phi) is 33.7. The van der Waals surface area contributed by atoms with Gasteiger partial charge in [0.05, 0.1) is 73.1 Å². The lowest BCUT2D eigenvalue weighted by Crippen LogP contribution is -2.55. The number of fused-ring (bicyclic) bond motifs is 4. The van der Waals surface area contributed by atoms with Gasteiger partial charge in [-0.3, -0.25) is 57.6 Å². The number of nitrogens with two attached hydrogens (primary N) is 2. The fourth-order valence-corrected chi connectivity index (χ4v) is 17.6. The number of nitrogens with zero attached hydrogens (tertiary/aromatic N) is 7. The number of hydrogen-bond acceptors (Lipinski definition) is 24. The topological polar surface area (TPSA) is 466 Å². The predicted octanol–water partition coefficient (Wildman–Crippen LogP) is 13.3. The molecule has 9 amide bonds. The number of ketones is 1. The molecule has 36 nitrogen and oxygen atoms in total. The summed E-state index contributed by atoms with van der Waals surface area (Å²) >= 11 is 0. The summed E-state index contributed by atoms with van der Waals surface area (Å²) in [6.07, 6.45) is -17.2. The quantitative estimate of drug-likeness (QED) is 0.0114. The molecule has 0 bridgehead atoms. The molecule has 4 aliphatic heterocycles. The maximum Gasteiger partial charge on any atom is 0.416 e. The van der Waals surface area contributed by atoms with Gasteiger partial charge in [0.25, 0.3) is 0 Å². The highest BCUT2D eigenvalue weighted by Gasteiger charge is 2.47. The van der Waals surface area contributed by atoms with Crippen molar-refractivity contribution in [1.29, 1.82) is 0 Å². The van der Waals surface area contributed by atoms with Crippen LogP contribution in [-0.4, -0.2) is 294 Å². The van der Waals surface area contributed by atoms with Crippen LogP contribution in [-0.2, 0) is 111 Å². The number of rotatable bonds is 31. The number of imide groups is 1. The van der Waals surface area contributed by atoms with Crippen LogP contribution >= 0.6 is 0 Å². The normalized spacial score (nSPS) is 20.6. The number of carbonyl (C=O) groups is 14. The van der Waals surface area contributed by atoms with Crippen LogP contribution in [0, 0.1) is 29.2 Å². The number of H-pyrrole nitrogens is 4. The molecule has 0 saturated carbocycles. The lowest BCUT2D eigenvalue weighted by atomic mass is 9.93. The van der Waals surface area contributed by atoms with E-state index in [2.05, 4.69) is 30.6 Å². The first-order valence-corrected chi connectivity index (χ1v) is 48.5. The summed E-state index contributed by atoms with van der Waals surface area (Å²) in [6, 6.07) is 2.84. The summed E-state index contributed by atoms with van der Waals surface area (Å²) in [5, 5.41) is 6.02. The molecule has 40 heteroatoms. The Morgan fingerprint density at radius 3 is 0.979 bits per heavy atom. The van der Waals surface area contributed by atoms with Gasteiger partial charge in [-0.2, -0.15) is 0 Å². The van der Waals surface area contributed by atoms with E-state index in [-0.39, 0.29) is 179 Å². The fraction of sp³-hybridized carbons (Fsp3) is 0.562. The minimum Gasteiger partial charge on any atom is -0.461 e. The van der Waals surface area contributed by atoms with Crippen molar-refractivity contribution in [3.05, 3.63) is 118 Å². The van der Waals surface area contributed by atoms with Crippen LogP contribution in [0.3, 0.4) is 0 Å². The van der Waals surface area contributed by atoms with Gasteiger partial charge < -0.3 is 99.7 Å². The SMILES string of the molecule is CNC(C)C(=O)N(C)C(=O)OC(C)(C)C.[2H]C([2H])(c1c(-c2[nH]c3cc(F)ccc3c2C([2H])([2H])[C@@H]2C[C@H](OC(C)=O)CN2C(=O)[C@@H](N)CC)[nH]c2cc(F)ccc12)[C@@H]1C[C@H](OC(C)=O)CN1C(=O)[C@@H](N)CC.[2H]C([2H])(c1c(-c2[nH]c3cc(F)ccc3c2C([2H])([2H])[C@@H]2C[C@H](OC(C)=O)CN2C(=O)[C@H](CC)NC(=O)[C@H](C)N(C)C(=O)OC(C)(C)C)[nH]c2cc(F)ccc12)[C@@H]1C[C@H](OC(C)=O)CN1C(=O)[C@H](CC)CC(=O)[C@H](C)N(C)C(=O)OC(C)(C)C. The number of aromatic nitrogens is 4. The van der Waals surface area contributed by atoms with Gasteiger partial charge in [-0.05, 0) is 236 Å². The van der Waals surface area contributed by atoms with Crippen molar-refractivity contribution in [2.24, 2.45) is 17.4 Å². The molecule has 4 fully saturated rings. The van der Waals surface area contributed by atoms with Gasteiger partial charge in [0.15, 0.2) is 5.78 Å². The molecule has 8 aromatic rings. The molecule has 15 atom stereocenters. The van der Waals surface area contributed by atoms with Crippen LogP contribution in [0.25, 0.3) is 66.4 Å². The number of carbonyl (C=O) groups excluding carboxylic acids is 14. The Morgan fingerprint density at radius 1 is 0.428 bits per heavy atom. The van der Waals surface area contributed by atoms with Crippen molar-refractivity contribution in [3.63, 3.8) is 0 Å². The zero-order chi connectivity index (χ0) is 115. The van der Waals surface area contributed by atoms with Gasteiger partial charge in [0.2, 0.25) is 35.4 Å². The monoisotopic (exact) mass is 2030 g/mol. The number of halogens is 4. The van der Waals surface area contributed by atoms with E-state index in [4.69, 9.17) is 44.6 Å². The number of likely N-dealkylation sites (tertiary alicyclic amines) is 4. The number of nitrogens with one attached hydrogen (secondary N) is 6. The standard InChI is InChI=1S/C57H77F2N7O12.C38H46F2N6O6.C10H20N2O3/c1-15-34(21-48(69)30(3)63(13)54(73)77-56(7,8)9)52(71)65-28-39(75-32(5)67)24-37(65)26-43-41-19-17-35(58)22-46(41)60-49(43)50-44(42-20-18-36(59)23-47(42)61-50)27-38-25-40(76-33(6)68)29-66(38)53(72)45(16-2)62-51(70)31(4)64(14)55(74)78-57(10,11)12;1-5-31(41)37(49)45-17-25(51-19(3)47)13-23(45)15-29-27-9-7-21(39)11-33(27)43-35(29)36-30(28-10-8-22(40)12-34(28)44-36)16-24-14-26(52-20(4)48)18-46(24)38(50)32(42)6-2;1-7(11-5)8(13)12(6)9(14)15-10(2,3)4/h17-20,22-23,30-31,34,37-40,45,60-61H,15-16,21,24-29H2,1-14H3,(H,62,70);7-12,23-26,31-32,43-44H,5-6,13-18,41-42H2,1-4H3;7,11H,1-6H3/t30-,31-,34+,37-,38-,39-,40-,45-;23-,24-,25-,26-,31-,32-;/m00./s1/i26D2,27D2;15D2,16D2;. The number of esters is 4. The van der Waals surface area contributed by atoms with Gasteiger partial charge >= 0.3 is 42.2 Å². The van der Waals surface area contributed by atoms with Gasteiger partial charge in [-0.1, -0.05) is 27.7 Å². The Bertz CT molecular complexity index is 6180. The molecule has 10 N–H and O–H groups in total. The van der Waals surface area contributed by atoms with Gasteiger partial charge in [0.1, 0.15) is 76.6 Å². The van der Waals surface area contributed by atoms with Crippen LogP contribution < -0.4 is 22.1 Å². The number of amides is 9. The van der Waals surface area contributed by atoms with E-state index in [0.29, 0.717) is 0 Å². The molecule has 8 heterocycles. The highest BCUT2D eigenvalue weighted by atomic mass is 19.1. The highest BCUT2D eigenvalue weighted by molar-refractivity contribution is 6.00. The summed E-state index contributed by atoms with van der Waals surface area (Å²) in [5.74, 6) is -10.7. The Hall–Kier alpha value is -13.0. The first-order chi connectivity index (χ1) is 70.9. The summed E-state index contributed by atoms with van der Waals surface area (Å²) in [7, 11) is 5.82. The van der Waals surface area contributed by atoms with E-state index in [1.54, 1.807) is 104 Å². The van der Waals surface area contributed by atoms with E-state index in [9.17, 15) is 86.9 Å². The Balaban J connectivity index is 0.000000288. The van der Waals surface area contributed by atoms with Gasteiger partial charge in [-0.15, -0.1) is 0 Å². The van der Waals surface area contributed by atoms with Crippen molar-refractivity contribution in [1.82, 2.24) is 64.9 Å². The van der Waals surface area contributed by atoms with Crippen molar-refractivity contribution in [2.75, 3.05) is 54.4 Å². The maximum absolute atomic E-state index is 15.4. The molecule has 4 aromatic carbocycles. The molecule has 0 aliphatic carbocycles. The van der Waals surface area contributed by atoms with Crippen LogP contribution in [0.1, 0.15) is 229 Å². The maximum atomic E-state index is 15.4. The van der Waals surface area contributed by atoms with Crippen LogP contribution in [0.4, 0.5) is 31.9 Å². The van der Waals surface area contributed by atoms with Crippen molar-refractivity contribution >= 4 is 127 Å². The summed E-state index contributed by atoms with van der Waals surface area (Å²) in [5.41, 5.74) is 9.28. The molecule has 0 spiro atoms. The lowest BCUT2D eigenvalue weighted by molar-refractivity contribution is -0.147. The van der Waals surface area contributed by atoms with E-state index in [1.165, 1.54) is 87.8 Å². The minimum atomic E-state index is -2.75. The van der Waals surface area contributed by atoms with Crippen molar-refractivity contribution in [2.45, 2.75) is 323 Å². The number of likely N-dealkylation sites (N-methyl/N-ethyl adjacent to an activating group) is 4. The number of ether oxygens (including phenoxy) is 7. The second-order valence-corrected chi connectivity index (χ2v) is 39.9. The fourth-order valence-electron chi connectivity index (χ4n) is 17.6. The molecule has 4 saturated heterocycles. The third-order valence-electron chi connectivity index (χ3n) is 25.3. The minimum absolute atomic E-state index is 0.0154. The average molecular weight is 2040 g/mol. The highest BCUT2D eigenvalue weighted by Crippen LogP contribution is 2.44. The molecular weight excluding hydrogens is 1880 g/mol. The number of aromatic amines is 4. The Morgan fingerprint density at radius 2 is 0.710 bits per heavy atom. The molecule has 4 aromatic heterocycles. The number of benzene rings is 4. The zero-order valence-corrected chi connectivity index (χ0v) is 86.7. The van der Waals surface area contributed by atoms with Crippen LogP contribution in [0.5, 0.6) is 0 Å². The predicted molar refractivity (Wildman–Crippen MR) is 535 cm³/mol.